The zero-order valence-electron chi connectivity index (χ0n) is 16.8. The normalized spacial score (nSPS) is 10.4. The molecule has 10 nitrogen and oxygen atoms in total. The number of hydrogen-bond acceptors (Lipinski definition) is 6. The van der Waals surface area contributed by atoms with Gasteiger partial charge < -0.3 is 31.0 Å². The SMILES string of the molecule is Cc1ccccc1NC(=O)COc1ccccc1-c1c(C(=O)O)c(N)[nH]c(=O)c1C(=O)O. The number of carbonyl (C=O) groups excluding carboxylic acids is 1. The fourth-order valence-corrected chi connectivity index (χ4v) is 3.16. The van der Waals surface area contributed by atoms with Crippen LogP contribution in [0.4, 0.5) is 11.5 Å². The number of nitrogens with two attached hydrogens (primary N) is 1. The Morgan fingerprint density at radius 1 is 1.00 bits per heavy atom. The molecule has 3 aromatic rings. The number of anilines is 2. The molecule has 0 aliphatic rings. The molecule has 1 amide bonds. The Hall–Kier alpha value is -4.60. The van der Waals surface area contributed by atoms with Crippen molar-refractivity contribution in [2.45, 2.75) is 6.92 Å². The number of pyridine rings is 1. The van der Waals surface area contributed by atoms with Crippen LogP contribution in [0.5, 0.6) is 5.75 Å². The highest BCUT2D eigenvalue weighted by Gasteiger charge is 2.28. The molecule has 32 heavy (non-hydrogen) atoms. The number of hydrogen-bond donors (Lipinski definition) is 5. The molecule has 3 rings (SSSR count). The average molecular weight is 437 g/mol. The Kier molecular flexibility index (Phi) is 6.24. The first-order valence-corrected chi connectivity index (χ1v) is 9.30. The van der Waals surface area contributed by atoms with Crippen molar-refractivity contribution in [2.24, 2.45) is 0 Å². The number of carboxylic acid groups (broad SMARTS) is 2. The number of aryl methyl sites for hydroxylation is 1. The third kappa shape index (κ3) is 4.43. The number of para-hydroxylation sites is 2. The molecule has 6 N–H and O–H groups in total. The van der Waals surface area contributed by atoms with Crippen molar-refractivity contribution >= 4 is 29.4 Å². The van der Waals surface area contributed by atoms with Crippen molar-refractivity contribution in [3.05, 3.63) is 75.6 Å². The summed E-state index contributed by atoms with van der Waals surface area (Å²) < 4.78 is 5.56. The largest absolute Gasteiger partial charge is 0.483 e. The monoisotopic (exact) mass is 437 g/mol. The minimum Gasteiger partial charge on any atom is -0.483 e. The third-order valence-corrected chi connectivity index (χ3v) is 4.61. The molecule has 1 heterocycles. The smallest absolute Gasteiger partial charge is 0.342 e. The van der Waals surface area contributed by atoms with Gasteiger partial charge in [0, 0.05) is 16.8 Å². The van der Waals surface area contributed by atoms with E-state index in [1.807, 2.05) is 24.0 Å². The van der Waals surface area contributed by atoms with Gasteiger partial charge in [-0.1, -0.05) is 36.4 Å². The molecule has 0 saturated carbocycles. The van der Waals surface area contributed by atoms with Gasteiger partial charge in [-0.25, -0.2) is 9.59 Å². The first-order valence-electron chi connectivity index (χ1n) is 9.30. The number of aromatic carboxylic acids is 2. The van der Waals surface area contributed by atoms with Crippen LogP contribution in [0.15, 0.2) is 53.3 Å². The van der Waals surface area contributed by atoms with Gasteiger partial charge in [-0.15, -0.1) is 0 Å². The van der Waals surface area contributed by atoms with E-state index in [4.69, 9.17) is 10.5 Å². The third-order valence-electron chi connectivity index (χ3n) is 4.61. The van der Waals surface area contributed by atoms with Crippen LogP contribution in [0.2, 0.25) is 0 Å². The summed E-state index contributed by atoms with van der Waals surface area (Å²) in [5.74, 6) is -4.17. The lowest BCUT2D eigenvalue weighted by Crippen LogP contribution is -2.24. The van der Waals surface area contributed by atoms with Gasteiger partial charge in [0.2, 0.25) is 0 Å². The van der Waals surface area contributed by atoms with E-state index in [9.17, 15) is 29.4 Å². The summed E-state index contributed by atoms with van der Waals surface area (Å²) in [6, 6.07) is 13.0. The van der Waals surface area contributed by atoms with E-state index in [1.54, 1.807) is 18.2 Å². The molecule has 0 aliphatic heterocycles. The molecule has 10 heteroatoms. The molecule has 0 saturated heterocycles. The van der Waals surface area contributed by atoms with Gasteiger partial charge >= 0.3 is 11.9 Å². The van der Waals surface area contributed by atoms with E-state index in [1.165, 1.54) is 18.2 Å². The second-order valence-corrected chi connectivity index (χ2v) is 6.75. The Labute approximate surface area is 181 Å². The van der Waals surface area contributed by atoms with Crippen LogP contribution in [0.25, 0.3) is 11.1 Å². The van der Waals surface area contributed by atoms with E-state index in [0.717, 1.165) is 5.56 Å². The summed E-state index contributed by atoms with van der Waals surface area (Å²) >= 11 is 0. The molecule has 0 bridgehead atoms. The highest BCUT2D eigenvalue weighted by molar-refractivity contribution is 6.08. The molecule has 0 spiro atoms. The van der Waals surface area contributed by atoms with Gasteiger partial charge in [-0.3, -0.25) is 9.59 Å². The first-order chi connectivity index (χ1) is 15.2. The molecule has 0 aliphatic carbocycles. The van der Waals surface area contributed by atoms with E-state index in [0.29, 0.717) is 5.69 Å². The summed E-state index contributed by atoms with van der Waals surface area (Å²) in [4.78, 5) is 50.2. The maximum Gasteiger partial charge on any atom is 0.342 e. The first kappa shape index (κ1) is 22.1. The van der Waals surface area contributed by atoms with Crippen LogP contribution < -0.4 is 21.3 Å². The predicted molar refractivity (Wildman–Crippen MR) is 116 cm³/mol. The lowest BCUT2D eigenvalue weighted by Gasteiger charge is -2.16. The summed E-state index contributed by atoms with van der Waals surface area (Å²) in [5.41, 5.74) is 4.21. The molecule has 1 aromatic heterocycles. The molecular weight excluding hydrogens is 418 g/mol. The Morgan fingerprint density at radius 3 is 2.28 bits per heavy atom. The lowest BCUT2D eigenvalue weighted by molar-refractivity contribution is -0.118. The van der Waals surface area contributed by atoms with Crippen molar-refractivity contribution in [1.29, 1.82) is 0 Å². The van der Waals surface area contributed by atoms with E-state index < -0.39 is 52.5 Å². The van der Waals surface area contributed by atoms with Gasteiger partial charge in [0.1, 0.15) is 22.7 Å². The highest BCUT2D eigenvalue weighted by Crippen LogP contribution is 2.35. The summed E-state index contributed by atoms with van der Waals surface area (Å²) in [6.45, 7) is 1.37. The maximum absolute atomic E-state index is 12.3. The number of carboxylic acids is 2. The topological polar surface area (TPSA) is 172 Å². The van der Waals surface area contributed by atoms with E-state index >= 15 is 0 Å². The second-order valence-electron chi connectivity index (χ2n) is 6.75. The average Bonchev–Trinajstić information content (AvgIpc) is 2.73. The zero-order chi connectivity index (χ0) is 23.4. The van der Waals surface area contributed by atoms with Crippen molar-refractivity contribution in [3.8, 4) is 16.9 Å². The van der Waals surface area contributed by atoms with Crippen molar-refractivity contribution in [3.63, 3.8) is 0 Å². The van der Waals surface area contributed by atoms with E-state index in [2.05, 4.69) is 5.32 Å². The number of rotatable bonds is 7. The van der Waals surface area contributed by atoms with Gasteiger partial charge in [0.15, 0.2) is 6.61 Å². The molecule has 0 fully saturated rings. The molecule has 0 atom stereocenters. The number of aromatic amines is 1. The molecule has 0 unspecified atom stereocenters. The minimum atomic E-state index is -1.64. The van der Waals surface area contributed by atoms with Crippen LogP contribution in [0, 0.1) is 6.92 Å². The summed E-state index contributed by atoms with van der Waals surface area (Å²) in [6.07, 6.45) is 0. The quantitative estimate of drug-likeness (QED) is 0.375. The Morgan fingerprint density at radius 2 is 1.62 bits per heavy atom. The van der Waals surface area contributed by atoms with Crippen molar-refractivity contribution < 1.29 is 29.3 Å². The van der Waals surface area contributed by atoms with Gasteiger partial charge in [-0.2, -0.15) is 0 Å². The number of carbonyl (C=O) groups is 3. The van der Waals surface area contributed by atoms with Gasteiger partial charge in [-0.05, 0) is 24.6 Å². The number of amides is 1. The summed E-state index contributed by atoms with van der Waals surface area (Å²) in [5, 5.41) is 21.8. The fourth-order valence-electron chi connectivity index (χ4n) is 3.16. The number of benzene rings is 2. The predicted octanol–water partition coefficient (Wildman–Crippen LogP) is 2.35. The fraction of sp³-hybridized carbons (Fsp3) is 0.0909. The van der Waals surface area contributed by atoms with Crippen LogP contribution >= 0.6 is 0 Å². The van der Waals surface area contributed by atoms with E-state index in [-0.39, 0.29) is 11.3 Å². The molecule has 0 radical (unpaired) electrons. The minimum absolute atomic E-state index is 0.00225. The molecule has 2 aromatic carbocycles. The number of aromatic nitrogens is 1. The van der Waals surface area contributed by atoms with Crippen LogP contribution in [-0.2, 0) is 4.79 Å². The van der Waals surface area contributed by atoms with Crippen molar-refractivity contribution in [2.75, 3.05) is 17.7 Å². The molecular formula is C22H19N3O7. The second kappa shape index (κ2) is 9.04. The van der Waals surface area contributed by atoms with Crippen LogP contribution in [0.1, 0.15) is 26.3 Å². The standard InChI is InChI=1S/C22H19N3O7/c1-11-6-2-4-8-13(11)24-15(26)10-32-14-9-5-3-7-12(14)16-17(21(28)29)19(23)25-20(27)18(16)22(30)31/h2-9H,10H2,1H3,(H,24,26)(H,28,29)(H,30,31)(H3,23,25,27). The Bertz CT molecular complexity index is 1280. The Balaban J connectivity index is 2.01. The van der Waals surface area contributed by atoms with Crippen molar-refractivity contribution in [1.82, 2.24) is 4.98 Å². The van der Waals surface area contributed by atoms with Gasteiger partial charge in [0.05, 0.1) is 0 Å². The summed E-state index contributed by atoms with van der Waals surface area (Å²) in [7, 11) is 0. The van der Waals surface area contributed by atoms with Gasteiger partial charge in [0.25, 0.3) is 11.5 Å². The van der Waals surface area contributed by atoms with Crippen LogP contribution in [-0.4, -0.2) is 39.6 Å². The number of nitrogen functional groups attached to an aromatic ring is 1. The number of H-pyrrole nitrogens is 1. The zero-order valence-corrected chi connectivity index (χ0v) is 16.8. The number of ether oxygens (including phenoxy) is 1. The lowest BCUT2D eigenvalue weighted by atomic mass is 9.94. The number of nitrogens with one attached hydrogen (secondary N) is 2. The molecule has 164 valence electrons. The maximum atomic E-state index is 12.3. The highest BCUT2D eigenvalue weighted by atomic mass is 16.5. The van der Waals surface area contributed by atoms with Crippen LogP contribution in [0.3, 0.4) is 0 Å².